The lowest BCUT2D eigenvalue weighted by Crippen LogP contribution is -2.11. The molecular formula is C17H17ClO2. The summed E-state index contributed by atoms with van der Waals surface area (Å²) in [5.41, 5.74) is 1.96. The number of carbonyl (C=O) groups excluding carboxylic acids is 1. The lowest BCUT2D eigenvalue weighted by molar-refractivity contribution is 0.103. The molecule has 0 spiro atoms. The summed E-state index contributed by atoms with van der Waals surface area (Å²) in [6.07, 6.45) is 0.0180. The van der Waals surface area contributed by atoms with Crippen LogP contribution in [0.1, 0.15) is 35.3 Å². The maximum absolute atomic E-state index is 12.7. The summed E-state index contributed by atoms with van der Waals surface area (Å²) in [7, 11) is 0. The second kappa shape index (κ2) is 6.10. The van der Waals surface area contributed by atoms with Crippen molar-refractivity contribution in [1.29, 1.82) is 0 Å². The number of benzene rings is 2. The highest BCUT2D eigenvalue weighted by molar-refractivity contribution is 6.32. The highest BCUT2D eigenvalue weighted by atomic mass is 35.5. The van der Waals surface area contributed by atoms with Crippen molar-refractivity contribution in [1.82, 2.24) is 0 Å². The normalized spacial score (nSPS) is 10.7. The largest absolute Gasteiger partial charge is 0.490 e. The summed E-state index contributed by atoms with van der Waals surface area (Å²) >= 11 is 6.09. The molecule has 0 bridgehead atoms. The molecule has 0 aliphatic rings. The van der Waals surface area contributed by atoms with Gasteiger partial charge in [-0.3, -0.25) is 4.79 Å². The van der Waals surface area contributed by atoms with Crippen LogP contribution in [0.4, 0.5) is 0 Å². The first-order valence-corrected chi connectivity index (χ1v) is 6.94. The molecule has 0 aliphatic heterocycles. The SMILES string of the molecule is Cc1c(Cl)cccc1C(=O)c1ccccc1OC(C)C. The summed E-state index contributed by atoms with van der Waals surface area (Å²) in [6, 6.07) is 12.6. The van der Waals surface area contributed by atoms with Gasteiger partial charge in [-0.2, -0.15) is 0 Å². The molecule has 2 rings (SSSR count). The Morgan fingerprint density at radius 3 is 2.40 bits per heavy atom. The van der Waals surface area contributed by atoms with Gasteiger partial charge in [0, 0.05) is 10.6 Å². The van der Waals surface area contributed by atoms with Crippen LogP contribution in [-0.4, -0.2) is 11.9 Å². The average Bonchev–Trinajstić information content (AvgIpc) is 2.41. The molecule has 0 saturated carbocycles. The number of rotatable bonds is 4. The lowest BCUT2D eigenvalue weighted by atomic mass is 9.98. The Labute approximate surface area is 124 Å². The molecule has 0 saturated heterocycles. The minimum Gasteiger partial charge on any atom is -0.490 e. The average molecular weight is 289 g/mol. The van der Waals surface area contributed by atoms with E-state index < -0.39 is 0 Å². The highest BCUT2D eigenvalue weighted by Crippen LogP contribution is 2.26. The van der Waals surface area contributed by atoms with E-state index in [1.807, 2.05) is 39.0 Å². The number of ketones is 1. The maximum atomic E-state index is 12.7. The fraction of sp³-hybridized carbons (Fsp3) is 0.235. The van der Waals surface area contributed by atoms with E-state index in [1.165, 1.54) is 0 Å². The Hall–Kier alpha value is -1.80. The van der Waals surface area contributed by atoms with Crippen LogP contribution in [0.2, 0.25) is 5.02 Å². The number of ether oxygens (including phenoxy) is 1. The first-order valence-electron chi connectivity index (χ1n) is 6.56. The molecule has 0 fully saturated rings. The molecule has 0 heterocycles. The summed E-state index contributed by atoms with van der Waals surface area (Å²) in [5.74, 6) is 0.535. The van der Waals surface area contributed by atoms with Crippen molar-refractivity contribution >= 4 is 17.4 Å². The van der Waals surface area contributed by atoms with Crippen molar-refractivity contribution in [3.05, 3.63) is 64.2 Å². The lowest BCUT2D eigenvalue weighted by Gasteiger charge is -2.14. The number of halogens is 1. The zero-order chi connectivity index (χ0) is 14.7. The fourth-order valence-electron chi connectivity index (χ4n) is 2.01. The van der Waals surface area contributed by atoms with Crippen molar-refractivity contribution in [2.45, 2.75) is 26.9 Å². The molecule has 0 amide bonds. The summed E-state index contributed by atoms with van der Waals surface area (Å²) in [5, 5.41) is 0.595. The third-order valence-electron chi connectivity index (χ3n) is 3.01. The molecule has 104 valence electrons. The molecule has 2 aromatic rings. The van der Waals surface area contributed by atoms with Gasteiger partial charge >= 0.3 is 0 Å². The topological polar surface area (TPSA) is 26.3 Å². The van der Waals surface area contributed by atoms with Crippen LogP contribution in [0.15, 0.2) is 42.5 Å². The molecule has 0 aliphatic carbocycles. The Morgan fingerprint density at radius 1 is 1.05 bits per heavy atom. The summed E-state index contributed by atoms with van der Waals surface area (Å²) in [6.45, 7) is 5.72. The van der Waals surface area contributed by atoms with E-state index in [-0.39, 0.29) is 11.9 Å². The third kappa shape index (κ3) is 3.02. The Morgan fingerprint density at radius 2 is 1.70 bits per heavy atom. The number of carbonyl (C=O) groups is 1. The molecule has 0 radical (unpaired) electrons. The second-order valence-electron chi connectivity index (χ2n) is 4.90. The van der Waals surface area contributed by atoms with Crippen LogP contribution in [0.25, 0.3) is 0 Å². The van der Waals surface area contributed by atoms with Crippen LogP contribution in [0, 0.1) is 6.92 Å². The number of hydrogen-bond donors (Lipinski definition) is 0. The summed E-state index contributed by atoms with van der Waals surface area (Å²) < 4.78 is 5.70. The number of para-hydroxylation sites is 1. The standard InChI is InChI=1S/C17H17ClO2/c1-11(2)20-16-10-5-4-7-14(16)17(19)13-8-6-9-15(18)12(13)3/h4-11H,1-3H3. The van der Waals surface area contributed by atoms with Gasteiger partial charge in [-0.05, 0) is 44.5 Å². The minimum absolute atomic E-state index is 0.0180. The Kier molecular flexibility index (Phi) is 4.46. The summed E-state index contributed by atoms with van der Waals surface area (Å²) in [4.78, 5) is 12.7. The predicted molar refractivity (Wildman–Crippen MR) is 81.8 cm³/mol. The molecule has 0 N–H and O–H groups in total. The first-order chi connectivity index (χ1) is 9.50. The van der Waals surface area contributed by atoms with Gasteiger partial charge in [0.25, 0.3) is 0 Å². The maximum Gasteiger partial charge on any atom is 0.197 e. The van der Waals surface area contributed by atoms with Crippen LogP contribution >= 0.6 is 11.6 Å². The van der Waals surface area contributed by atoms with E-state index >= 15 is 0 Å². The fourth-order valence-corrected chi connectivity index (χ4v) is 2.18. The van der Waals surface area contributed by atoms with E-state index in [4.69, 9.17) is 16.3 Å². The molecule has 2 nitrogen and oxygen atoms in total. The van der Waals surface area contributed by atoms with E-state index in [1.54, 1.807) is 24.3 Å². The van der Waals surface area contributed by atoms with Crippen molar-refractivity contribution in [3.63, 3.8) is 0 Å². The van der Waals surface area contributed by atoms with Crippen molar-refractivity contribution in [2.24, 2.45) is 0 Å². The molecule has 2 aromatic carbocycles. The van der Waals surface area contributed by atoms with Crippen LogP contribution < -0.4 is 4.74 Å². The van der Waals surface area contributed by atoms with Crippen LogP contribution in [-0.2, 0) is 0 Å². The molecule has 0 aromatic heterocycles. The van der Waals surface area contributed by atoms with Gasteiger partial charge in [-0.15, -0.1) is 0 Å². The third-order valence-corrected chi connectivity index (χ3v) is 3.42. The van der Waals surface area contributed by atoms with Gasteiger partial charge in [0.2, 0.25) is 0 Å². The zero-order valence-electron chi connectivity index (χ0n) is 11.8. The van der Waals surface area contributed by atoms with E-state index in [2.05, 4.69) is 0 Å². The van der Waals surface area contributed by atoms with Crippen molar-refractivity contribution < 1.29 is 9.53 Å². The van der Waals surface area contributed by atoms with E-state index in [0.717, 1.165) is 5.56 Å². The van der Waals surface area contributed by atoms with Gasteiger partial charge in [0.15, 0.2) is 5.78 Å². The van der Waals surface area contributed by atoms with Gasteiger partial charge in [-0.1, -0.05) is 35.9 Å². The van der Waals surface area contributed by atoms with Gasteiger partial charge in [0.05, 0.1) is 11.7 Å². The Balaban J connectivity index is 2.46. The van der Waals surface area contributed by atoms with Gasteiger partial charge in [-0.25, -0.2) is 0 Å². The van der Waals surface area contributed by atoms with Crippen LogP contribution in [0.5, 0.6) is 5.75 Å². The molecule has 3 heteroatoms. The predicted octanol–water partition coefficient (Wildman–Crippen LogP) is 4.67. The van der Waals surface area contributed by atoms with E-state index in [0.29, 0.717) is 21.9 Å². The molecule has 20 heavy (non-hydrogen) atoms. The van der Waals surface area contributed by atoms with Gasteiger partial charge in [0.1, 0.15) is 5.75 Å². The zero-order valence-corrected chi connectivity index (χ0v) is 12.6. The molecular weight excluding hydrogens is 272 g/mol. The quantitative estimate of drug-likeness (QED) is 0.765. The Bertz CT molecular complexity index is 633. The van der Waals surface area contributed by atoms with Crippen LogP contribution in [0.3, 0.4) is 0 Å². The highest BCUT2D eigenvalue weighted by Gasteiger charge is 2.17. The van der Waals surface area contributed by atoms with Crippen molar-refractivity contribution in [2.75, 3.05) is 0 Å². The second-order valence-corrected chi connectivity index (χ2v) is 5.31. The first kappa shape index (κ1) is 14.6. The van der Waals surface area contributed by atoms with Crippen molar-refractivity contribution in [3.8, 4) is 5.75 Å². The minimum atomic E-state index is -0.0683. The monoisotopic (exact) mass is 288 g/mol. The van der Waals surface area contributed by atoms with E-state index in [9.17, 15) is 4.79 Å². The smallest absolute Gasteiger partial charge is 0.197 e. The molecule has 0 unspecified atom stereocenters. The van der Waals surface area contributed by atoms with Gasteiger partial charge < -0.3 is 4.74 Å². The molecule has 0 atom stereocenters. The number of hydrogen-bond acceptors (Lipinski definition) is 2.